The number of hydrogen-bond acceptors (Lipinski definition) is 6. The summed E-state index contributed by atoms with van der Waals surface area (Å²) in [7, 11) is 2.91. The zero-order chi connectivity index (χ0) is 26.3. The van der Waals surface area contributed by atoms with Crippen LogP contribution in [0.25, 0.3) is 5.70 Å². The molecule has 0 bridgehead atoms. The largest absolute Gasteiger partial charge is 0.493 e. The predicted octanol–water partition coefficient (Wildman–Crippen LogP) is 6.09. The fourth-order valence-electron chi connectivity index (χ4n) is 5.05. The number of carbonyl (C=O) groups excluding carboxylic acids is 2. The molecule has 3 aromatic carbocycles. The second-order valence-electron chi connectivity index (χ2n) is 9.06. The van der Waals surface area contributed by atoms with E-state index in [-0.39, 0.29) is 5.78 Å². The van der Waals surface area contributed by atoms with Crippen LogP contribution in [0, 0.1) is 6.92 Å². The Kier molecular flexibility index (Phi) is 6.65. The Hall–Kier alpha value is -3.84. The highest BCUT2D eigenvalue weighted by molar-refractivity contribution is 9.10. The lowest BCUT2D eigenvalue weighted by Gasteiger charge is -2.29. The lowest BCUT2D eigenvalue weighted by Crippen LogP contribution is -2.29. The van der Waals surface area contributed by atoms with Crippen LogP contribution in [0.2, 0.25) is 0 Å². The molecule has 0 amide bonds. The molecule has 3 aromatic rings. The van der Waals surface area contributed by atoms with Crippen LogP contribution >= 0.6 is 15.9 Å². The molecule has 7 heteroatoms. The second kappa shape index (κ2) is 9.90. The number of hydrogen-bond donors (Lipinski definition) is 1. The van der Waals surface area contributed by atoms with Crippen LogP contribution in [0.1, 0.15) is 45.5 Å². The van der Waals surface area contributed by atoms with Gasteiger partial charge in [0.1, 0.15) is 6.61 Å². The SMILES string of the molecule is COC(=O)C1=C(C)NC2=C(C(=O)c3ccccc32)[C@@H]1c1cc(Br)c(OCc2cccc(C)c2)c(OC)c1. The van der Waals surface area contributed by atoms with Crippen LogP contribution in [0.4, 0.5) is 0 Å². The molecule has 0 spiro atoms. The number of allylic oxidation sites excluding steroid dienone is 2. The third-order valence-electron chi connectivity index (χ3n) is 6.70. The topological polar surface area (TPSA) is 73.9 Å². The molecule has 0 unspecified atom stereocenters. The van der Waals surface area contributed by atoms with Crippen molar-refractivity contribution in [2.24, 2.45) is 0 Å². The monoisotopic (exact) mass is 559 g/mol. The molecule has 1 atom stereocenters. The minimum Gasteiger partial charge on any atom is -0.493 e. The maximum atomic E-state index is 13.6. The van der Waals surface area contributed by atoms with E-state index in [1.54, 1.807) is 13.2 Å². The van der Waals surface area contributed by atoms with Crippen LogP contribution in [0.5, 0.6) is 11.5 Å². The smallest absolute Gasteiger partial charge is 0.336 e. The third kappa shape index (κ3) is 4.33. The molecule has 1 heterocycles. The van der Waals surface area contributed by atoms with E-state index in [0.717, 1.165) is 16.7 Å². The lowest BCUT2D eigenvalue weighted by molar-refractivity contribution is -0.136. The molecule has 2 aliphatic rings. The molecule has 1 aliphatic heterocycles. The minimum absolute atomic E-state index is 0.119. The lowest BCUT2D eigenvalue weighted by atomic mass is 9.79. The van der Waals surface area contributed by atoms with Crippen molar-refractivity contribution in [1.29, 1.82) is 0 Å². The number of fused-ring (bicyclic) bond motifs is 2. The van der Waals surface area contributed by atoms with Crippen molar-refractivity contribution in [3.05, 3.63) is 110 Å². The quantitative estimate of drug-likeness (QED) is 0.368. The minimum atomic E-state index is -0.653. The highest BCUT2D eigenvalue weighted by Gasteiger charge is 2.43. The molecule has 0 saturated heterocycles. The van der Waals surface area contributed by atoms with E-state index in [2.05, 4.69) is 27.3 Å². The predicted molar refractivity (Wildman–Crippen MR) is 144 cm³/mol. The Balaban J connectivity index is 1.60. The summed E-state index contributed by atoms with van der Waals surface area (Å²) in [6.07, 6.45) is 0. The standard InChI is InChI=1S/C30H26BrNO5/c1-16-8-7-9-18(12-16)15-37-29-22(31)13-19(14-23(29)35-3)25-24(30(34)36-4)17(2)32-27-20-10-5-6-11-21(20)28(33)26(25)27/h5-14,25,32H,15H2,1-4H3/t25-/m1/s1. The summed E-state index contributed by atoms with van der Waals surface area (Å²) in [4.78, 5) is 26.6. The van der Waals surface area contributed by atoms with Gasteiger partial charge in [0.15, 0.2) is 17.3 Å². The Morgan fingerprint density at radius 2 is 1.76 bits per heavy atom. The van der Waals surface area contributed by atoms with Gasteiger partial charge in [0.05, 0.1) is 30.0 Å². The highest BCUT2D eigenvalue weighted by Crippen LogP contribution is 2.49. The van der Waals surface area contributed by atoms with Gasteiger partial charge in [0.2, 0.25) is 0 Å². The summed E-state index contributed by atoms with van der Waals surface area (Å²) in [5.74, 6) is -0.244. The molecule has 37 heavy (non-hydrogen) atoms. The van der Waals surface area contributed by atoms with Crippen LogP contribution in [-0.4, -0.2) is 26.0 Å². The summed E-state index contributed by atoms with van der Waals surface area (Å²) in [5.41, 5.74) is 6.55. The number of nitrogens with one attached hydrogen (secondary N) is 1. The first-order chi connectivity index (χ1) is 17.8. The van der Waals surface area contributed by atoms with E-state index in [1.165, 1.54) is 7.11 Å². The second-order valence-corrected chi connectivity index (χ2v) is 9.92. The fraction of sp³-hybridized carbons (Fsp3) is 0.200. The molecule has 6 nitrogen and oxygen atoms in total. The van der Waals surface area contributed by atoms with Gasteiger partial charge < -0.3 is 19.5 Å². The van der Waals surface area contributed by atoms with E-state index in [1.807, 2.05) is 62.4 Å². The zero-order valence-electron chi connectivity index (χ0n) is 21.0. The molecule has 188 valence electrons. The van der Waals surface area contributed by atoms with Gasteiger partial charge in [-0.15, -0.1) is 0 Å². The Morgan fingerprint density at radius 1 is 1.00 bits per heavy atom. The maximum Gasteiger partial charge on any atom is 0.336 e. The van der Waals surface area contributed by atoms with E-state index < -0.39 is 11.9 Å². The number of carbonyl (C=O) groups is 2. The van der Waals surface area contributed by atoms with Crippen molar-refractivity contribution in [2.75, 3.05) is 14.2 Å². The fourth-order valence-corrected chi connectivity index (χ4v) is 5.62. The summed E-state index contributed by atoms with van der Waals surface area (Å²) in [6, 6.07) is 19.3. The summed E-state index contributed by atoms with van der Waals surface area (Å²) >= 11 is 3.64. The van der Waals surface area contributed by atoms with E-state index in [0.29, 0.717) is 56.2 Å². The highest BCUT2D eigenvalue weighted by atomic mass is 79.9. The van der Waals surface area contributed by atoms with Crippen molar-refractivity contribution in [3.8, 4) is 11.5 Å². The van der Waals surface area contributed by atoms with E-state index in [4.69, 9.17) is 14.2 Å². The third-order valence-corrected chi connectivity index (χ3v) is 7.29. The average molecular weight is 560 g/mol. The van der Waals surface area contributed by atoms with Crippen molar-refractivity contribution >= 4 is 33.4 Å². The number of halogens is 1. The number of dihydropyridines is 1. The van der Waals surface area contributed by atoms with Gasteiger partial charge in [-0.1, -0.05) is 54.1 Å². The van der Waals surface area contributed by atoms with Crippen LogP contribution < -0.4 is 14.8 Å². The first-order valence-electron chi connectivity index (χ1n) is 11.8. The Labute approximate surface area is 224 Å². The van der Waals surface area contributed by atoms with E-state index in [9.17, 15) is 9.59 Å². The molecular weight excluding hydrogens is 534 g/mol. The van der Waals surface area contributed by atoms with Gasteiger partial charge >= 0.3 is 5.97 Å². The molecule has 0 aromatic heterocycles. The van der Waals surface area contributed by atoms with Crippen molar-refractivity contribution in [2.45, 2.75) is 26.4 Å². The molecule has 1 aliphatic carbocycles. The first-order valence-corrected chi connectivity index (χ1v) is 12.6. The number of aryl methyl sites for hydroxylation is 1. The average Bonchev–Trinajstić information content (AvgIpc) is 3.17. The van der Waals surface area contributed by atoms with Gasteiger partial charge in [-0.05, 0) is 53.0 Å². The number of ketones is 1. The normalized spacial score (nSPS) is 16.2. The van der Waals surface area contributed by atoms with Gasteiger partial charge in [-0.25, -0.2) is 4.79 Å². The number of rotatable bonds is 6. The van der Waals surface area contributed by atoms with Gasteiger partial charge in [-0.3, -0.25) is 4.79 Å². The number of esters is 1. The Bertz CT molecular complexity index is 1500. The molecule has 1 N–H and O–H groups in total. The van der Waals surface area contributed by atoms with Crippen molar-refractivity contribution < 1.29 is 23.8 Å². The van der Waals surface area contributed by atoms with Crippen LogP contribution in [-0.2, 0) is 16.1 Å². The Morgan fingerprint density at radius 3 is 2.46 bits per heavy atom. The summed E-state index contributed by atoms with van der Waals surface area (Å²) in [6.45, 7) is 4.21. The number of ether oxygens (including phenoxy) is 3. The molecule has 0 fully saturated rings. The maximum absolute atomic E-state index is 13.6. The van der Waals surface area contributed by atoms with Crippen molar-refractivity contribution in [1.82, 2.24) is 5.32 Å². The van der Waals surface area contributed by atoms with Gasteiger partial charge in [-0.2, -0.15) is 0 Å². The van der Waals surface area contributed by atoms with Crippen LogP contribution in [0.3, 0.4) is 0 Å². The summed E-state index contributed by atoms with van der Waals surface area (Å²) in [5, 5.41) is 3.30. The summed E-state index contributed by atoms with van der Waals surface area (Å²) < 4.78 is 17.7. The van der Waals surface area contributed by atoms with Gasteiger partial charge in [0.25, 0.3) is 0 Å². The number of methoxy groups -OCH3 is 2. The number of benzene rings is 3. The van der Waals surface area contributed by atoms with Crippen LogP contribution in [0.15, 0.2) is 82.0 Å². The molecule has 0 radical (unpaired) electrons. The first kappa shape index (κ1) is 24.8. The van der Waals surface area contributed by atoms with Gasteiger partial charge in [0, 0.05) is 28.3 Å². The zero-order valence-corrected chi connectivity index (χ0v) is 22.6. The number of Topliss-reactive ketones (excluding diaryl/α,β-unsaturated/α-hetero) is 1. The van der Waals surface area contributed by atoms with E-state index >= 15 is 0 Å². The molecule has 0 saturated carbocycles. The molecular formula is C30H26BrNO5. The van der Waals surface area contributed by atoms with Crippen molar-refractivity contribution in [3.63, 3.8) is 0 Å². The molecule has 5 rings (SSSR count).